The Hall–Kier alpha value is -3.45. The molecule has 5 rings (SSSR count). The third-order valence-electron chi connectivity index (χ3n) is 5.05. The van der Waals surface area contributed by atoms with Gasteiger partial charge >= 0.3 is 5.69 Å². The van der Waals surface area contributed by atoms with Gasteiger partial charge in [-0.15, -0.1) is 0 Å². The lowest BCUT2D eigenvalue weighted by atomic mass is 10.1. The van der Waals surface area contributed by atoms with Crippen molar-refractivity contribution in [3.05, 3.63) is 71.3 Å². The van der Waals surface area contributed by atoms with E-state index in [-0.39, 0.29) is 5.69 Å². The number of nitrogens with zero attached hydrogens (tertiary/aromatic N) is 4. The number of aromatic nitrogens is 4. The minimum atomic E-state index is -0.243. The van der Waals surface area contributed by atoms with E-state index in [1.807, 2.05) is 30.3 Å². The third-order valence-corrected chi connectivity index (χ3v) is 5.05. The summed E-state index contributed by atoms with van der Waals surface area (Å²) in [5.74, 6) is 0. The number of nitrogens with one attached hydrogen (secondary N) is 2. The molecule has 28 heavy (non-hydrogen) atoms. The van der Waals surface area contributed by atoms with E-state index in [1.54, 1.807) is 10.8 Å². The molecule has 2 N–H and O–H groups in total. The number of hydrogen-bond acceptors (Lipinski definition) is 5. The number of rotatable bonds is 3. The molecule has 2 aromatic carbocycles. The molecule has 0 spiro atoms. The lowest BCUT2D eigenvalue weighted by Crippen LogP contribution is -2.43. The van der Waals surface area contributed by atoms with Gasteiger partial charge in [0.25, 0.3) is 0 Å². The maximum atomic E-state index is 12.4. The van der Waals surface area contributed by atoms with Gasteiger partial charge in [-0.2, -0.15) is 0 Å². The minimum Gasteiger partial charge on any atom is -0.369 e. The van der Waals surface area contributed by atoms with E-state index in [0.29, 0.717) is 11.3 Å². The van der Waals surface area contributed by atoms with Crippen molar-refractivity contribution >= 4 is 17.0 Å². The predicted molar refractivity (Wildman–Crippen MR) is 110 cm³/mol. The first kappa shape index (κ1) is 16.7. The molecule has 1 aliphatic rings. The fourth-order valence-corrected chi connectivity index (χ4v) is 3.61. The molecule has 1 fully saturated rings. The van der Waals surface area contributed by atoms with Crippen molar-refractivity contribution in [1.29, 1.82) is 0 Å². The summed E-state index contributed by atoms with van der Waals surface area (Å²) in [7, 11) is 0. The number of aromatic amines is 1. The zero-order valence-electron chi connectivity index (χ0n) is 15.3. The number of H-pyrrole nitrogens is 1. The first-order chi connectivity index (χ1) is 13.8. The average Bonchev–Trinajstić information content (AvgIpc) is 3.10. The Bertz CT molecular complexity index is 1160. The van der Waals surface area contributed by atoms with E-state index in [9.17, 15) is 4.79 Å². The van der Waals surface area contributed by atoms with Gasteiger partial charge in [-0.25, -0.2) is 19.3 Å². The topological polar surface area (TPSA) is 78.8 Å². The molecule has 3 heterocycles. The number of anilines is 1. The van der Waals surface area contributed by atoms with Crippen molar-refractivity contribution in [1.82, 2.24) is 24.8 Å². The fraction of sp³-hybridized carbons (Fsp3) is 0.190. The molecule has 0 amide bonds. The van der Waals surface area contributed by atoms with Crippen LogP contribution in [0.25, 0.3) is 28.2 Å². The van der Waals surface area contributed by atoms with Gasteiger partial charge in [0.1, 0.15) is 0 Å². The number of benzene rings is 2. The number of para-hydroxylation sites is 1. The van der Waals surface area contributed by atoms with Crippen LogP contribution < -0.4 is 15.9 Å². The largest absolute Gasteiger partial charge is 0.369 e. The monoisotopic (exact) mass is 372 g/mol. The van der Waals surface area contributed by atoms with Gasteiger partial charge in [0.2, 0.25) is 0 Å². The third kappa shape index (κ3) is 2.95. The van der Waals surface area contributed by atoms with E-state index in [4.69, 9.17) is 0 Å². The molecule has 0 radical (unpaired) electrons. The van der Waals surface area contributed by atoms with Gasteiger partial charge < -0.3 is 10.2 Å². The highest BCUT2D eigenvalue weighted by Gasteiger charge is 2.13. The zero-order chi connectivity index (χ0) is 18.9. The smallest absolute Gasteiger partial charge is 0.333 e. The Morgan fingerprint density at radius 3 is 2.39 bits per heavy atom. The Labute approximate surface area is 161 Å². The fourth-order valence-electron chi connectivity index (χ4n) is 3.61. The van der Waals surface area contributed by atoms with E-state index in [0.717, 1.165) is 43.1 Å². The summed E-state index contributed by atoms with van der Waals surface area (Å²) in [6.45, 7) is 4.05. The maximum Gasteiger partial charge on any atom is 0.333 e. The quantitative estimate of drug-likeness (QED) is 0.576. The molecule has 0 aliphatic carbocycles. The Morgan fingerprint density at radius 1 is 0.893 bits per heavy atom. The molecule has 140 valence electrons. The van der Waals surface area contributed by atoms with Gasteiger partial charge in [0.15, 0.2) is 11.3 Å². The number of fused-ring (bicyclic) bond motifs is 1. The van der Waals surface area contributed by atoms with Crippen molar-refractivity contribution in [2.75, 3.05) is 31.1 Å². The second-order valence-corrected chi connectivity index (χ2v) is 6.81. The Kier molecular flexibility index (Phi) is 4.14. The van der Waals surface area contributed by atoms with Gasteiger partial charge in [-0.1, -0.05) is 30.3 Å². The molecule has 1 aliphatic heterocycles. The van der Waals surface area contributed by atoms with Crippen molar-refractivity contribution < 1.29 is 0 Å². The first-order valence-corrected chi connectivity index (χ1v) is 9.39. The molecule has 1 saturated heterocycles. The summed E-state index contributed by atoms with van der Waals surface area (Å²) in [4.78, 5) is 26.8. The van der Waals surface area contributed by atoms with E-state index >= 15 is 0 Å². The molecule has 0 saturated carbocycles. The zero-order valence-corrected chi connectivity index (χ0v) is 15.3. The summed E-state index contributed by atoms with van der Waals surface area (Å²) in [6.07, 6.45) is 1.72. The highest BCUT2D eigenvalue weighted by atomic mass is 16.1. The summed E-state index contributed by atoms with van der Waals surface area (Å²) >= 11 is 0. The van der Waals surface area contributed by atoms with Crippen molar-refractivity contribution in [3.8, 4) is 16.9 Å². The first-order valence-electron chi connectivity index (χ1n) is 9.39. The second-order valence-electron chi connectivity index (χ2n) is 6.81. The molecule has 4 aromatic rings. The van der Waals surface area contributed by atoms with Crippen LogP contribution in [0.15, 0.2) is 65.6 Å². The van der Waals surface area contributed by atoms with Crippen LogP contribution in [0.4, 0.5) is 5.69 Å². The van der Waals surface area contributed by atoms with E-state index in [2.05, 4.69) is 49.4 Å². The standard InChI is InChI=1S/C21H20N6O/c28-21-25-19-20(27(21)17-4-2-1-3-5-17)23-14-18(24-19)15-6-8-16(9-7-15)26-12-10-22-11-13-26/h1-9,14,22H,10-13H2,(H,24,25,28). The molecule has 7 nitrogen and oxygen atoms in total. The molecule has 0 unspecified atom stereocenters. The molecule has 7 heteroatoms. The highest BCUT2D eigenvalue weighted by Crippen LogP contribution is 2.23. The van der Waals surface area contributed by atoms with Crippen LogP contribution in [0, 0.1) is 0 Å². The number of piperazine rings is 1. The maximum absolute atomic E-state index is 12.4. The molecule has 0 bridgehead atoms. The average molecular weight is 372 g/mol. The van der Waals surface area contributed by atoms with Gasteiger partial charge in [0.05, 0.1) is 17.6 Å². The van der Waals surface area contributed by atoms with Crippen molar-refractivity contribution in [3.63, 3.8) is 0 Å². The normalized spacial score (nSPS) is 14.5. The van der Waals surface area contributed by atoms with Crippen LogP contribution in [0.3, 0.4) is 0 Å². The Balaban J connectivity index is 1.49. The van der Waals surface area contributed by atoms with Crippen LogP contribution in [0.1, 0.15) is 0 Å². The predicted octanol–water partition coefficient (Wildman–Crippen LogP) is 2.19. The number of imidazole rings is 1. The van der Waals surface area contributed by atoms with Crippen molar-refractivity contribution in [2.45, 2.75) is 0 Å². The summed E-state index contributed by atoms with van der Waals surface area (Å²) in [5, 5.41) is 3.37. The Morgan fingerprint density at radius 2 is 1.64 bits per heavy atom. The summed E-state index contributed by atoms with van der Waals surface area (Å²) < 4.78 is 1.54. The van der Waals surface area contributed by atoms with Crippen molar-refractivity contribution in [2.24, 2.45) is 0 Å². The SMILES string of the molecule is O=c1[nH]c2nc(-c3ccc(N4CCNCC4)cc3)cnc2n1-c1ccccc1. The molecular weight excluding hydrogens is 352 g/mol. The van der Waals surface area contributed by atoms with Crippen LogP contribution in [-0.4, -0.2) is 45.7 Å². The number of hydrogen-bond donors (Lipinski definition) is 2. The lowest BCUT2D eigenvalue weighted by molar-refractivity contribution is 0.589. The molecule has 0 atom stereocenters. The van der Waals surface area contributed by atoms with Crippen LogP contribution in [0.2, 0.25) is 0 Å². The van der Waals surface area contributed by atoms with Gasteiger partial charge in [0, 0.05) is 37.4 Å². The summed E-state index contributed by atoms with van der Waals surface area (Å²) in [6, 6.07) is 17.8. The second kappa shape index (κ2) is 6.94. The van der Waals surface area contributed by atoms with Gasteiger partial charge in [-0.3, -0.25) is 4.98 Å². The van der Waals surface area contributed by atoms with Gasteiger partial charge in [-0.05, 0) is 24.3 Å². The van der Waals surface area contributed by atoms with Crippen LogP contribution in [-0.2, 0) is 0 Å². The van der Waals surface area contributed by atoms with E-state index < -0.39 is 0 Å². The van der Waals surface area contributed by atoms with Crippen LogP contribution in [0.5, 0.6) is 0 Å². The molecule has 2 aromatic heterocycles. The van der Waals surface area contributed by atoms with E-state index in [1.165, 1.54) is 5.69 Å². The highest BCUT2D eigenvalue weighted by molar-refractivity contribution is 5.73. The van der Waals surface area contributed by atoms with Crippen LogP contribution >= 0.6 is 0 Å². The summed E-state index contributed by atoms with van der Waals surface area (Å²) in [5.41, 5.74) is 4.45. The molecular formula is C21H20N6O. The minimum absolute atomic E-state index is 0.243. The lowest BCUT2D eigenvalue weighted by Gasteiger charge is -2.29.